The number of anilines is 2. The van der Waals surface area contributed by atoms with Crippen LogP contribution in [0.2, 0.25) is 0 Å². The number of rotatable bonds is 7. The van der Waals surface area contributed by atoms with E-state index >= 15 is 0 Å². The highest BCUT2D eigenvalue weighted by atomic mass is 16.2. The summed E-state index contributed by atoms with van der Waals surface area (Å²) in [6.07, 6.45) is 8.96. The number of amides is 3. The predicted octanol–water partition coefficient (Wildman–Crippen LogP) is 4.80. The maximum absolute atomic E-state index is 12.0. The molecule has 4 aliphatic carbocycles. The smallest absolute Gasteiger partial charge is 0.328 e. The Morgan fingerprint density at radius 2 is 1.41 bits per heavy atom. The summed E-state index contributed by atoms with van der Waals surface area (Å²) in [6, 6.07) is 16.4. The molecule has 5 aliphatic rings. The number of imide groups is 1. The Morgan fingerprint density at radius 3 is 2.00 bits per heavy atom. The Bertz CT molecular complexity index is 1030. The van der Waals surface area contributed by atoms with Crippen LogP contribution in [0, 0.1) is 17.8 Å². The molecule has 1 heterocycles. The average molecular weight is 459 g/mol. The van der Waals surface area contributed by atoms with Crippen molar-refractivity contribution >= 4 is 23.3 Å². The fourth-order valence-electron chi connectivity index (χ4n) is 7.17. The third-order valence-electron chi connectivity index (χ3n) is 8.46. The Balaban J connectivity index is 1.00. The van der Waals surface area contributed by atoms with Crippen molar-refractivity contribution in [2.24, 2.45) is 17.8 Å². The summed E-state index contributed by atoms with van der Waals surface area (Å²) in [4.78, 5) is 24.9. The summed E-state index contributed by atoms with van der Waals surface area (Å²) in [5.41, 5.74) is 4.82. The molecule has 2 aromatic carbocycles. The fourth-order valence-corrected chi connectivity index (χ4v) is 7.17. The van der Waals surface area contributed by atoms with Crippen molar-refractivity contribution in [2.45, 2.75) is 63.6 Å². The number of benzene rings is 2. The first-order valence-electron chi connectivity index (χ1n) is 12.8. The summed E-state index contributed by atoms with van der Waals surface area (Å²) in [6.45, 7) is 2.14. The maximum atomic E-state index is 12.0. The second-order valence-electron chi connectivity index (χ2n) is 11.0. The highest BCUT2D eigenvalue weighted by Crippen LogP contribution is 2.55. The number of hydrogen-bond acceptors (Lipinski definition) is 4. The van der Waals surface area contributed by atoms with Gasteiger partial charge < -0.3 is 10.6 Å². The van der Waals surface area contributed by atoms with E-state index in [0.29, 0.717) is 18.5 Å². The van der Waals surface area contributed by atoms with Crippen molar-refractivity contribution in [1.29, 1.82) is 0 Å². The van der Waals surface area contributed by atoms with Crippen LogP contribution in [0.15, 0.2) is 48.5 Å². The normalized spacial score (nSPS) is 29.9. The van der Waals surface area contributed by atoms with Crippen LogP contribution < -0.4 is 20.9 Å². The second kappa shape index (κ2) is 8.73. The third kappa shape index (κ3) is 4.43. The average Bonchev–Trinajstić information content (AvgIpc) is 2.82. The lowest BCUT2D eigenvalue weighted by molar-refractivity contribution is -0.120. The molecular weight excluding hydrogens is 424 g/mol. The molecule has 0 radical (unpaired) electrons. The molecule has 34 heavy (non-hydrogen) atoms. The molecule has 3 amide bonds. The largest absolute Gasteiger partial charge is 0.381 e. The van der Waals surface area contributed by atoms with E-state index in [1.54, 1.807) is 4.90 Å². The number of urea groups is 1. The van der Waals surface area contributed by atoms with Gasteiger partial charge in [-0.25, -0.2) is 4.79 Å². The molecule has 0 spiro atoms. The van der Waals surface area contributed by atoms with Crippen molar-refractivity contribution in [3.05, 3.63) is 59.7 Å². The van der Waals surface area contributed by atoms with E-state index in [-0.39, 0.29) is 11.9 Å². The molecule has 0 unspecified atom stereocenters. The molecule has 4 bridgehead atoms. The van der Waals surface area contributed by atoms with E-state index in [1.807, 2.05) is 24.3 Å². The molecule has 0 aromatic heterocycles. The van der Waals surface area contributed by atoms with Gasteiger partial charge in [0.15, 0.2) is 0 Å². The summed E-state index contributed by atoms with van der Waals surface area (Å²) in [7, 11) is 0. The van der Waals surface area contributed by atoms with Crippen molar-refractivity contribution in [3.63, 3.8) is 0 Å². The molecule has 1 saturated heterocycles. The van der Waals surface area contributed by atoms with Gasteiger partial charge >= 0.3 is 6.03 Å². The molecule has 4 saturated carbocycles. The quantitative estimate of drug-likeness (QED) is 0.557. The van der Waals surface area contributed by atoms with Crippen LogP contribution in [0.3, 0.4) is 0 Å². The molecule has 3 N–H and O–H groups in total. The standard InChI is InChI=1S/C28H34N4O2/c33-26-9-10-32(27(34)31-26)25-7-5-24(6-8-25)29-17-19-1-3-20(4-2-19)18-30-28-14-21-11-22(15-28)13-23(12-21)16-28/h1-8,21-23,29-30H,9-18H2,(H,31,33,34). The van der Waals surface area contributed by atoms with E-state index in [0.717, 1.165) is 42.2 Å². The molecule has 6 nitrogen and oxygen atoms in total. The van der Waals surface area contributed by atoms with Gasteiger partial charge in [-0.3, -0.25) is 15.0 Å². The zero-order valence-electron chi connectivity index (χ0n) is 19.7. The van der Waals surface area contributed by atoms with E-state index in [9.17, 15) is 9.59 Å². The van der Waals surface area contributed by atoms with Crippen LogP contribution in [0.5, 0.6) is 0 Å². The first-order valence-corrected chi connectivity index (χ1v) is 12.8. The molecular formula is C28H34N4O2. The number of nitrogens with zero attached hydrogens (tertiary/aromatic N) is 1. The van der Waals surface area contributed by atoms with Crippen molar-refractivity contribution in [3.8, 4) is 0 Å². The molecule has 7 rings (SSSR count). The summed E-state index contributed by atoms with van der Waals surface area (Å²) in [5.74, 6) is 2.71. The lowest BCUT2D eigenvalue weighted by atomic mass is 9.53. The Hall–Kier alpha value is -2.86. The van der Waals surface area contributed by atoms with E-state index < -0.39 is 0 Å². The Morgan fingerprint density at radius 1 is 0.824 bits per heavy atom. The van der Waals surface area contributed by atoms with Crippen LogP contribution in [-0.2, 0) is 17.9 Å². The van der Waals surface area contributed by atoms with Gasteiger partial charge in [0, 0.05) is 43.0 Å². The second-order valence-corrected chi connectivity index (χ2v) is 11.0. The van der Waals surface area contributed by atoms with Gasteiger partial charge in [-0.1, -0.05) is 24.3 Å². The zero-order valence-corrected chi connectivity index (χ0v) is 19.7. The molecule has 1 aliphatic heterocycles. The molecule has 6 heteroatoms. The van der Waals surface area contributed by atoms with Gasteiger partial charge in [-0.15, -0.1) is 0 Å². The van der Waals surface area contributed by atoms with Gasteiger partial charge in [-0.2, -0.15) is 0 Å². The minimum absolute atomic E-state index is 0.214. The lowest BCUT2D eigenvalue weighted by Gasteiger charge is -2.57. The number of carbonyl (C=O) groups excluding carboxylic acids is 2. The van der Waals surface area contributed by atoms with E-state index in [2.05, 4.69) is 40.2 Å². The predicted molar refractivity (Wildman–Crippen MR) is 133 cm³/mol. The fraction of sp³-hybridized carbons (Fsp3) is 0.500. The Labute approximate surface area is 201 Å². The van der Waals surface area contributed by atoms with Crippen molar-refractivity contribution in [2.75, 3.05) is 16.8 Å². The number of hydrogen-bond donors (Lipinski definition) is 3. The van der Waals surface area contributed by atoms with E-state index in [4.69, 9.17) is 0 Å². The first-order chi connectivity index (χ1) is 16.5. The van der Waals surface area contributed by atoms with Crippen LogP contribution in [0.1, 0.15) is 56.1 Å². The van der Waals surface area contributed by atoms with Crippen LogP contribution in [-0.4, -0.2) is 24.0 Å². The van der Waals surface area contributed by atoms with Gasteiger partial charge in [0.1, 0.15) is 0 Å². The summed E-state index contributed by atoms with van der Waals surface area (Å²) < 4.78 is 0. The maximum Gasteiger partial charge on any atom is 0.328 e. The van der Waals surface area contributed by atoms with Gasteiger partial charge in [0.05, 0.1) is 0 Å². The minimum Gasteiger partial charge on any atom is -0.381 e. The molecule has 5 fully saturated rings. The third-order valence-corrected chi connectivity index (χ3v) is 8.46. The van der Waals surface area contributed by atoms with Gasteiger partial charge in [0.2, 0.25) is 5.91 Å². The van der Waals surface area contributed by atoms with Crippen molar-refractivity contribution < 1.29 is 9.59 Å². The number of nitrogens with one attached hydrogen (secondary N) is 3. The monoisotopic (exact) mass is 458 g/mol. The minimum atomic E-state index is -0.352. The highest BCUT2D eigenvalue weighted by Gasteiger charge is 2.50. The highest BCUT2D eigenvalue weighted by molar-refractivity contribution is 6.05. The van der Waals surface area contributed by atoms with Crippen LogP contribution in [0.4, 0.5) is 16.2 Å². The molecule has 2 aromatic rings. The molecule has 178 valence electrons. The summed E-state index contributed by atoms with van der Waals surface area (Å²) in [5, 5.41) is 9.82. The zero-order chi connectivity index (χ0) is 23.1. The van der Waals surface area contributed by atoms with E-state index in [1.165, 1.54) is 49.7 Å². The lowest BCUT2D eigenvalue weighted by Crippen LogP contribution is -2.58. The van der Waals surface area contributed by atoms with Crippen LogP contribution in [0.25, 0.3) is 0 Å². The van der Waals surface area contributed by atoms with Gasteiger partial charge in [0.25, 0.3) is 0 Å². The topological polar surface area (TPSA) is 73.5 Å². The first kappa shape index (κ1) is 21.7. The number of carbonyl (C=O) groups is 2. The summed E-state index contributed by atoms with van der Waals surface area (Å²) >= 11 is 0. The van der Waals surface area contributed by atoms with Gasteiger partial charge in [-0.05, 0) is 91.7 Å². The van der Waals surface area contributed by atoms with Crippen LogP contribution >= 0.6 is 0 Å². The SMILES string of the molecule is O=C1CCN(c2ccc(NCc3ccc(CNC45CC6CC(CC(C6)C4)C5)cc3)cc2)C(=O)N1. The Kier molecular flexibility index (Phi) is 5.56. The van der Waals surface area contributed by atoms with Crippen molar-refractivity contribution in [1.82, 2.24) is 10.6 Å². The molecule has 0 atom stereocenters.